The molecule has 0 aliphatic heterocycles. The van der Waals surface area contributed by atoms with Crippen molar-refractivity contribution < 1.29 is 18.3 Å². The molecular formula is C21H22ClF2NO2. The lowest BCUT2D eigenvalue weighted by atomic mass is 9.90. The van der Waals surface area contributed by atoms with Gasteiger partial charge in [0.1, 0.15) is 11.6 Å². The first-order valence-electron chi connectivity index (χ1n) is 9.06. The van der Waals surface area contributed by atoms with Crippen LogP contribution in [0, 0.1) is 17.6 Å². The number of anilines is 1. The van der Waals surface area contributed by atoms with Gasteiger partial charge in [-0.2, -0.15) is 0 Å². The lowest BCUT2D eigenvalue weighted by Gasteiger charge is -2.28. The number of hydrogen-bond donors (Lipinski definition) is 1. The van der Waals surface area contributed by atoms with E-state index in [1.807, 2.05) is 12.1 Å². The molecule has 3 rings (SSSR count). The first kappa shape index (κ1) is 19.6. The van der Waals surface area contributed by atoms with Gasteiger partial charge in [-0.25, -0.2) is 8.78 Å². The van der Waals surface area contributed by atoms with Crippen LogP contribution in [0.2, 0.25) is 5.02 Å². The molecule has 3 nitrogen and oxygen atoms in total. The number of carbonyl (C=O) groups excluding carboxylic acids is 1. The minimum absolute atomic E-state index is 0.0396. The Labute approximate surface area is 162 Å². The summed E-state index contributed by atoms with van der Waals surface area (Å²) >= 11 is 5.93. The zero-order valence-electron chi connectivity index (χ0n) is 15.1. The van der Waals surface area contributed by atoms with Crippen LogP contribution in [-0.4, -0.2) is 13.1 Å². The van der Waals surface area contributed by atoms with E-state index >= 15 is 0 Å². The van der Waals surface area contributed by atoms with Gasteiger partial charge in [-0.15, -0.1) is 0 Å². The number of hydrogen-bond acceptors (Lipinski definition) is 3. The van der Waals surface area contributed by atoms with Gasteiger partial charge < -0.3 is 10.1 Å². The van der Waals surface area contributed by atoms with E-state index in [0.29, 0.717) is 5.69 Å². The fourth-order valence-electron chi connectivity index (χ4n) is 3.75. The van der Waals surface area contributed by atoms with Crippen LogP contribution in [0.5, 0.6) is 0 Å². The molecule has 0 aromatic heterocycles. The molecule has 2 aromatic carbocycles. The molecule has 2 aromatic rings. The third kappa shape index (κ3) is 4.41. The molecule has 0 spiro atoms. The molecule has 0 bridgehead atoms. The highest BCUT2D eigenvalue weighted by Gasteiger charge is 2.32. The number of para-hydroxylation sites is 1. The third-order valence-electron chi connectivity index (χ3n) is 5.15. The summed E-state index contributed by atoms with van der Waals surface area (Å²) in [4.78, 5) is 11.7. The van der Waals surface area contributed by atoms with Crippen molar-refractivity contribution in [2.24, 2.45) is 5.92 Å². The quantitative estimate of drug-likeness (QED) is 0.507. The van der Waals surface area contributed by atoms with Gasteiger partial charge in [0, 0.05) is 11.3 Å². The van der Waals surface area contributed by atoms with E-state index in [9.17, 15) is 13.6 Å². The minimum Gasteiger partial charge on any atom is -0.469 e. The standard InChI is InChI=1S/C21H22ClF2NO2/c1-27-18(26)12-14-8-4-5-9-17(14)25-21(13-6-2-3-7-13)19-16(23)11-10-15(22)20(19)24/h4-5,8-11,13,21,25H,2-3,6-7,12H2,1H3/t21-/m0/s1. The van der Waals surface area contributed by atoms with Gasteiger partial charge in [0.15, 0.2) is 0 Å². The third-order valence-corrected chi connectivity index (χ3v) is 5.44. The smallest absolute Gasteiger partial charge is 0.310 e. The molecule has 0 saturated heterocycles. The number of carbonyl (C=O) groups is 1. The van der Waals surface area contributed by atoms with E-state index in [1.54, 1.807) is 12.1 Å². The van der Waals surface area contributed by atoms with E-state index in [2.05, 4.69) is 5.32 Å². The van der Waals surface area contributed by atoms with Crippen molar-refractivity contribution in [3.63, 3.8) is 0 Å². The first-order chi connectivity index (χ1) is 13.0. The molecule has 1 aliphatic rings. The normalized spacial score (nSPS) is 15.6. The summed E-state index contributed by atoms with van der Waals surface area (Å²) in [6.45, 7) is 0. The molecule has 1 saturated carbocycles. The maximum atomic E-state index is 14.7. The summed E-state index contributed by atoms with van der Waals surface area (Å²) in [6.07, 6.45) is 3.88. The van der Waals surface area contributed by atoms with Crippen molar-refractivity contribution in [2.45, 2.75) is 38.1 Å². The predicted molar refractivity (Wildman–Crippen MR) is 102 cm³/mol. The second-order valence-corrected chi connectivity index (χ2v) is 7.24. The van der Waals surface area contributed by atoms with Crippen LogP contribution in [0.3, 0.4) is 0 Å². The lowest BCUT2D eigenvalue weighted by molar-refractivity contribution is -0.139. The molecule has 1 aliphatic carbocycles. The van der Waals surface area contributed by atoms with Crippen molar-refractivity contribution in [1.29, 1.82) is 0 Å². The largest absolute Gasteiger partial charge is 0.469 e. The molecule has 0 radical (unpaired) electrons. The van der Waals surface area contributed by atoms with Gasteiger partial charge >= 0.3 is 5.97 Å². The minimum atomic E-state index is -0.730. The Kier molecular flexibility index (Phi) is 6.32. The number of benzene rings is 2. The van der Waals surface area contributed by atoms with Crippen LogP contribution >= 0.6 is 11.6 Å². The van der Waals surface area contributed by atoms with Crippen molar-refractivity contribution in [1.82, 2.24) is 0 Å². The number of nitrogens with one attached hydrogen (secondary N) is 1. The maximum Gasteiger partial charge on any atom is 0.310 e. The summed E-state index contributed by atoms with van der Waals surface area (Å²) in [7, 11) is 1.33. The highest BCUT2D eigenvalue weighted by molar-refractivity contribution is 6.30. The van der Waals surface area contributed by atoms with Gasteiger partial charge in [0.25, 0.3) is 0 Å². The predicted octanol–water partition coefficient (Wildman–Crippen LogP) is 5.68. The lowest BCUT2D eigenvalue weighted by Crippen LogP contribution is -2.23. The van der Waals surface area contributed by atoms with E-state index in [4.69, 9.17) is 16.3 Å². The Bertz CT molecular complexity index is 822. The maximum absolute atomic E-state index is 14.7. The van der Waals surface area contributed by atoms with E-state index in [1.165, 1.54) is 19.2 Å². The molecule has 1 fully saturated rings. The molecular weight excluding hydrogens is 372 g/mol. The number of halogens is 3. The number of ether oxygens (including phenoxy) is 1. The monoisotopic (exact) mass is 393 g/mol. The summed E-state index contributed by atoms with van der Waals surface area (Å²) in [6, 6.07) is 9.10. The van der Waals surface area contributed by atoms with Gasteiger partial charge in [-0.05, 0) is 42.5 Å². The van der Waals surface area contributed by atoms with E-state index in [0.717, 1.165) is 31.2 Å². The second kappa shape index (κ2) is 8.70. The van der Waals surface area contributed by atoms with Crippen LogP contribution in [0.25, 0.3) is 0 Å². The topological polar surface area (TPSA) is 38.3 Å². The molecule has 0 amide bonds. The molecule has 1 atom stereocenters. The Morgan fingerprint density at radius 3 is 2.63 bits per heavy atom. The molecule has 0 unspecified atom stereocenters. The molecule has 1 N–H and O–H groups in total. The van der Waals surface area contributed by atoms with Crippen LogP contribution in [0.15, 0.2) is 36.4 Å². The van der Waals surface area contributed by atoms with E-state index in [-0.39, 0.29) is 28.9 Å². The fourth-order valence-corrected chi connectivity index (χ4v) is 3.92. The highest BCUT2D eigenvalue weighted by atomic mass is 35.5. The van der Waals surface area contributed by atoms with Crippen molar-refractivity contribution in [3.8, 4) is 0 Å². The van der Waals surface area contributed by atoms with Gasteiger partial charge in [0.05, 0.1) is 24.6 Å². The van der Waals surface area contributed by atoms with Gasteiger partial charge in [0.2, 0.25) is 0 Å². The van der Waals surface area contributed by atoms with Crippen molar-refractivity contribution in [3.05, 3.63) is 64.2 Å². The molecule has 144 valence electrons. The molecule has 6 heteroatoms. The van der Waals surface area contributed by atoms with Gasteiger partial charge in [-0.1, -0.05) is 42.6 Å². The highest BCUT2D eigenvalue weighted by Crippen LogP contribution is 2.41. The summed E-state index contributed by atoms with van der Waals surface area (Å²) in [5.41, 5.74) is 1.34. The van der Waals surface area contributed by atoms with Gasteiger partial charge in [-0.3, -0.25) is 4.79 Å². The number of esters is 1. The average Bonchev–Trinajstić information content (AvgIpc) is 3.20. The number of methoxy groups -OCH3 is 1. The summed E-state index contributed by atoms with van der Waals surface area (Å²) in [5.74, 6) is -1.64. The summed E-state index contributed by atoms with van der Waals surface area (Å²) < 4.78 is 34.1. The molecule has 27 heavy (non-hydrogen) atoms. The van der Waals surface area contributed by atoms with E-state index < -0.39 is 17.7 Å². The zero-order valence-corrected chi connectivity index (χ0v) is 15.9. The average molecular weight is 394 g/mol. The Hall–Kier alpha value is -2.14. The van der Waals surface area contributed by atoms with Crippen molar-refractivity contribution >= 4 is 23.3 Å². The second-order valence-electron chi connectivity index (χ2n) is 6.83. The van der Waals surface area contributed by atoms with Crippen LogP contribution in [-0.2, 0) is 16.0 Å². The molecule has 0 heterocycles. The zero-order chi connectivity index (χ0) is 19.4. The van der Waals surface area contributed by atoms with Crippen LogP contribution in [0.4, 0.5) is 14.5 Å². The Morgan fingerprint density at radius 1 is 1.22 bits per heavy atom. The van der Waals surface area contributed by atoms with Crippen LogP contribution in [0.1, 0.15) is 42.9 Å². The van der Waals surface area contributed by atoms with Crippen molar-refractivity contribution in [2.75, 3.05) is 12.4 Å². The first-order valence-corrected chi connectivity index (χ1v) is 9.43. The SMILES string of the molecule is COC(=O)Cc1ccccc1N[C@H](c1c(F)ccc(Cl)c1F)C1CCCC1. The Morgan fingerprint density at radius 2 is 1.93 bits per heavy atom. The number of rotatable bonds is 6. The summed E-state index contributed by atoms with van der Waals surface area (Å²) in [5, 5.41) is 3.20. The fraction of sp³-hybridized carbons (Fsp3) is 0.381. The Balaban J connectivity index is 2.00. The van der Waals surface area contributed by atoms with Crippen LogP contribution < -0.4 is 5.32 Å².